The molecule has 0 bridgehead atoms. The zero-order chi connectivity index (χ0) is 14.8. The van der Waals surface area contributed by atoms with E-state index in [-0.39, 0.29) is 11.9 Å². The lowest BCUT2D eigenvalue weighted by molar-refractivity contribution is 0.101. The van der Waals surface area contributed by atoms with E-state index in [1.54, 1.807) is 13.1 Å². The van der Waals surface area contributed by atoms with Gasteiger partial charge in [-0.05, 0) is 24.3 Å². The van der Waals surface area contributed by atoms with Crippen molar-refractivity contribution in [1.82, 2.24) is 20.0 Å². The summed E-state index contributed by atoms with van der Waals surface area (Å²) in [5.41, 5.74) is 1.16. The van der Waals surface area contributed by atoms with Crippen LogP contribution in [0.5, 0.6) is 0 Å². The van der Waals surface area contributed by atoms with Crippen LogP contribution in [-0.4, -0.2) is 25.9 Å². The highest BCUT2D eigenvalue weighted by Crippen LogP contribution is 2.23. The Bertz CT molecular complexity index is 795. The van der Waals surface area contributed by atoms with Crippen LogP contribution in [0.2, 0.25) is 0 Å². The fourth-order valence-corrected chi connectivity index (χ4v) is 2.17. The maximum absolute atomic E-state index is 12.0. The number of hydrogen-bond donors (Lipinski definition) is 1. The van der Waals surface area contributed by atoms with Gasteiger partial charge in [0, 0.05) is 23.3 Å². The molecular weight excluding hydrogens is 338 g/mol. The van der Waals surface area contributed by atoms with Gasteiger partial charge < -0.3 is 4.42 Å². The number of aryl methyl sites for hydroxylation is 1. The number of benzene rings is 1. The van der Waals surface area contributed by atoms with Crippen LogP contribution in [0.15, 0.2) is 45.4 Å². The predicted molar refractivity (Wildman–Crippen MR) is 78.6 cm³/mol. The molecule has 21 heavy (non-hydrogen) atoms. The fourth-order valence-electron chi connectivity index (χ4n) is 1.77. The minimum Gasteiger partial charge on any atom is -0.403 e. The Kier molecular flexibility index (Phi) is 3.53. The Morgan fingerprint density at radius 2 is 2.19 bits per heavy atom. The Morgan fingerprint density at radius 3 is 2.90 bits per heavy atom. The normalized spacial score (nSPS) is 10.6. The Labute approximate surface area is 128 Å². The second-order valence-corrected chi connectivity index (χ2v) is 5.13. The number of anilines is 1. The molecule has 0 atom stereocenters. The molecule has 106 valence electrons. The number of nitrogens with one attached hydrogen (secondary N) is 1. The first-order valence-electron chi connectivity index (χ1n) is 6.02. The summed E-state index contributed by atoms with van der Waals surface area (Å²) >= 11 is 3.37. The molecule has 0 spiro atoms. The van der Waals surface area contributed by atoms with Crippen molar-refractivity contribution in [2.75, 3.05) is 5.32 Å². The van der Waals surface area contributed by atoms with Crippen LogP contribution in [0.3, 0.4) is 0 Å². The van der Waals surface area contributed by atoms with Crippen molar-refractivity contribution in [3.05, 3.63) is 46.7 Å². The second-order valence-electron chi connectivity index (χ2n) is 4.22. The lowest BCUT2D eigenvalue weighted by Gasteiger charge is -2.00. The van der Waals surface area contributed by atoms with Gasteiger partial charge in [0.05, 0.1) is 0 Å². The Balaban J connectivity index is 1.80. The van der Waals surface area contributed by atoms with Crippen molar-refractivity contribution in [1.29, 1.82) is 0 Å². The van der Waals surface area contributed by atoms with Crippen LogP contribution >= 0.6 is 15.9 Å². The topological polar surface area (TPSA) is 85.8 Å². The number of nitrogens with zero attached hydrogens (tertiary/aromatic N) is 4. The molecule has 0 fully saturated rings. The smallest absolute Gasteiger partial charge is 0.322 e. The summed E-state index contributed by atoms with van der Waals surface area (Å²) in [6.07, 6.45) is 1.54. The van der Waals surface area contributed by atoms with Crippen LogP contribution in [-0.2, 0) is 7.05 Å². The molecule has 1 aromatic carbocycles. The van der Waals surface area contributed by atoms with Crippen LogP contribution in [0, 0.1) is 0 Å². The molecule has 3 rings (SSSR count). The summed E-state index contributed by atoms with van der Waals surface area (Å²) in [5, 5.41) is 14.2. The minimum atomic E-state index is -0.362. The second kappa shape index (κ2) is 5.49. The molecular formula is C13H10BrN5O2. The number of carbonyl (C=O) groups excluding carboxylic acids is 1. The average Bonchev–Trinajstić information content (AvgIpc) is 3.08. The van der Waals surface area contributed by atoms with Gasteiger partial charge in [0.2, 0.25) is 5.89 Å². The van der Waals surface area contributed by atoms with Gasteiger partial charge in [-0.2, -0.15) is 5.10 Å². The highest BCUT2D eigenvalue weighted by Gasteiger charge is 2.15. The molecule has 3 aromatic rings. The third-order valence-corrected chi connectivity index (χ3v) is 3.26. The van der Waals surface area contributed by atoms with E-state index in [2.05, 4.69) is 36.5 Å². The highest BCUT2D eigenvalue weighted by atomic mass is 79.9. The van der Waals surface area contributed by atoms with Gasteiger partial charge in [0.15, 0.2) is 0 Å². The molecule has 0 unspecified atom stereocenters. The summed E-state index contributed by atoms with van der Waals surface area (Å²) in [6.45, 7) is 0. The van der Waals surface area contributed by atoms with Gasteiger partial charge in [-0.1, -0.05) is 27.1 Å². The van der Waals surface area contributed by atoms with Crippen molar-refractivity contribution in [3.8, 4) is 11.5 Å². The number of amides is 1. The molecule has 0 saturated heterocycles. The van der Waals surface area contributed by atoms with E-state index in [1.807, 2.05) is 24.3 Å². The molecule has 0 radical (unpaired) electrons. The minimum absolute atomic E-state index is 0.0381. The van der Waals surface area contributed by atoms with Gasteiger partial charge >= 0.3 is 6.01 Å². The van der Waals surface area contributed by atoms with Gasteiger partial charge in [0.25, 0.3) is 5.91 Å². The number of halogens is 1. The maximum atomic E-state index is 12.0. The molecule has 0 saturated carbocycles. The lowest BCUT2D eigenvalue weighted by Crippen LogP contribution is -2.16. The summed E-state index contributed by atoms with van der Waals surface area (Å²) < 4.78 is 7.79. The van der Waals surface area contributed by atoms with Crippen LogP contribution in [0.4, 0.5) is 6.01 Å². The number of carbonyl (C=O) groups is 1. The van der Waals surface area contributed by atoms with E-state index in [1.165, 1.54) is 10.9 Å². The van der Waals surface area contributed by atoms with E-state index in [0.717, 1.165) is 10.0 Å². The summed E-state index contributed by atoms with van der Waals surface area (Å²) in [5.74, 6) is -0.0314. The monoisotopic (exact) mass is 347 g/mol. The third kappa shape index (κ3) is 2.84. The molecule has 7 nitrogen and oxygen atoms in total. The van der Waals surface area contributed by atoms with Gasteiger partial charge in [-0.3, -0.25) is 14.8 Å². The number of rotatable bonds is 3. The quantitative estimate of drug-likeness (QED) is 0.786. The first-order valence-corrected chi connectivity index (χ1v) is 6.81. The van der Waals surface area contributed by atoms with E-state index in [4.69, 9.17) is 4.42 Å². The van der Waals surface area contributed by atoms with E-state index in [9.17, 15) is 4.79 Å². The largest absolute Gasteiger partial charge is 0.403 e. The third-order valence-electron chi connectivity index (χ3n) is 2.77. The van der Waals surface area contributed by atoms with Crippen molar-refractivity contribution < 1.29 is 9.21 Å². The van der Waals surface area contributed by atoms with Crippen molar-refractivity contribution in [2.45, 2.75) is 0 Å². The molecule has 8 heteroatoms. The first kappa shape index (κ1) is 13.5. The van der Waals surface area contributed by atoms with Crippen molar-refractivity contribution in [3.63, 3.8) is 0 Å². The summed E-state index contributed by atoms with van der Waals surface area (Å²) in [6, 6.07) is 9.07. The van der Waals surface area contributed by atoms with Gasteiger partial charge in [-0.15, -0.1) is 5.10 Å². The molecule has 0 aliphatic heterocycles. The Morgan fingerprint density at radius 1 is 1.33 bits per heavy atom. The van der Waals surface area contributed by atoms with E-state index < -0.39 is 0 Å². The zero-order valence-electron chi connectivity index (χ0n) is 10.9. The SMILES string of the molecule is Cn1nccc1C(=O)Nc1nnc(-c2cccc(Br)c2)o1. The number of hydrogen-bond acceptors (Lipinski definition) is 5. The van der Waals surface area contributed by atoms with Crippen LogP contribution in [0.25, 0.3) is 11.5 Å². The van der Waals surface area contributed by atoms with E-state index in [0.29, 0.717) is 11.6 Å². The molecule has 2 aromatic heterocycles. The Hall–Kier alpha value is -2.48. The van der Waals surface area contributed by atoms with Crippen LogP contribution < -0.4 is 5.32 Å². The fraction of sp³-hybridized carbons (Fsp3) is 0.0769. The average molecular weight is 348 g/mol. The maximum Gasteiger partial charge on any atom is 0.322 e. The molecule has 2 heterocycles. The first-order chi connectivity index (χ1) is 10.1. The van der Waals surface area contributed by atoms with Crippen LogP contribution in [0.1, 0.15) is 10.5 Å². The zero-order valence-corrected chi connectivity index (χ0v) is 12.5. The molecule has 0 aliphatic carbocycles. The van der Waals surface area contributed by atoms with E-state index >= 15 is 0 Å². The van der Waals surface area contributed by atoms with Gasteiger partial charge in [0.1, 0.15) is 5.69 Å². The predicted octanol–water partition coefficient (Wildman–Crippen LogP) is 2.48. The van der Waals surface area contributed by atoms with Gasteiger partial charge in [-0.25, -0.2) is 0 Å². The van der Waals surface area contributed by atoms with Crippen molar-refractivity contribution >= 4 is 27.9 Å². The molecule has 1 amide bonds. The summed E-state index contributed by atoms with van der Waals surface area (Å²) in [7, 11) is 1.68. The highest BCUT2D eigenvalue weighted by molar-refractivity contribution is 9.10. The standard InChI is InChI=1S/C13H10BrN5O2/c1-19-10(5-6-15-19)11(20)16-13-18-17-12(21-13)8-3-2-4-9(14)7-8/h2-7H,1H3,(H,16,18,20). The molecule has 1 N–H and O–H groups in total. The summed E-state index contributed by atoms with van der Waals surface area (Å²) in [4.78, 5) is 12.0. The lowest BCUT2D eigenvalue weighted by atomic mass is 10.2. The molecule has 0 aliphatic rings. The van der Waals surface area contributed by atoms with Crippen molar-refractivity contribution in [2.24, 2.45) is 7.05 Å². The number of aromatic nitrogens is 4.